The van der Waals surface area contributed by atoms with Crippen molar-refractivity contribution in [2.75, 3.05) is 12.3 Å². The highest BCUT2D eigenvalue weighted by atomic mass is 32.2. The Morgan fingerprint density at radius 2 is 2.12 bits per heavy atom. The molecule has 3 heteroatoms. The fourth-order valence-electron chi connectivity index (χ4n) is 3.15. The molecule has 0 bridgehead atoms. The second-order valence-electron chi connectivity index (χ2n) is 6.04. The van der Waals surface area contributed by atoms with Crippen molar-refractivity contribution in [2.45, 2.75) is 57.7 Å². The maximum absolute atomic E-state index is 12.1. The molecule has 16 heavy (non-hydrogen) atoms. The molecule has 0 aromatic heterocycles. The van der Waals surface area contributed by atoms with E-state index in [1.165, 1.54) is 25.7 Å². The third-order valence-electron chi connectivity index (χ3n) is 4.86. The van der Waals surface area contributed by atoms with Crippen LogP contribution < -0.4 is 5.32 Å². The van der Waals surface area contributed by atoms with Gasteiger partial charge in [0.1, 0.15) is 0 Å². The van der Waals surface area contributed by atoms with Crippen molar-refractivity contribution in [2.24, 2.45) is 11.3 Å². The molecule has 2 fully saturated rings. The lowest BCUT2D eigenvalue weighted by atomic mass is 9.68. The first-order valence-corrected chi connectivity index (χ1v) is 8.03. The second-order valence-corrected chi connectivity index (χ2v) is 7.81. The van der Waals surface area contributed by atoms with Crippen molar-refractivity contribution in [1.82, 2.24) is 5.32 Å². The zero-order valence-corrected chi connectivity index (χ0v) is 11.6. The van der Waals surface area contributed by atoms with Gasteiger partial charge in [-0.1, -0.05) is 27.2 Å². The van der Waals surface area contributed by atoms with Gasteiger partial charge in [-0.2, -0.15) is 0 Å². The molecule has 2 aliphatic rings. The van der Waals surface area contributed by atoms with Gasteiger partial charge in [0, 0.05) is 29.1 Å². The fourth-order valence-corrected chi connectivity index (χ4v) is 4.82. The molecule has 0 spiro atoms. The van der Waals surface area contributed by atoms with Gasteiger partial charge in [-0.15, -0.1) is 0 Å². The van der Waals surface area contributed by atoms with Crippen molar-refractivity contribution in [3.63, 3.8) is 0 Å². The van der Waals surface area contributed by atoms with Gasteiger partial charge in [0.2, 0.25) is 0 Å². The normalized spacial score (nSPS) is 40.4. The Morgan fingerprint density at radius 3 is 2.81 bits per heavy atom. The molecule has 1 saturated carbocycles. The molecule has 94 valence electrons. The zero-order chi connectivity index (χ0) is 11.8. The van der Waals surface area contributed by atoms with E-state index in [1.807, 2.05) is 0 Å². The van der Waals surface area contributed by atoms with Gasteiger partial charge in [0.05, 0.1) is 5.25 Å². The van der Waals surface area contributed by atoms with Crippen LogP contribution in [0.25, 0.3) is 0 Å². The molecular weight excluding hydrogens is 218 g/mol. The molecular formula is C13H25NOS. The minimum Gasteiger partial charge on any atom is -0.312 e. The van der Waals surface area contributed by atoms with Crippen molar-refractivity contribution in [1.29, 1.82) is 0 Å². The predicted octanol–water partition coefficient (Wildman–Crippen LogP) is 2.31. The fraction of sp³-hybridized carbons (Fsp3) is 1.00. The van der Waals surface area contributed by atoms with E-state index in [0.29, 0.717) is 16.7 Å². The minimum absolute atomic E-state index is 0.423. The lowest BCUT2D eigenvalue weighted by Crippen LogP contribution is -2.53. The van der Waals surface area contributed by atoms with E-state index in [1.54, 1.807) is 0 Å². The van der Waals surface area contributed by atoms with E-state index < -0.39 is 10.8 Å². The molecule has 1 N–H and O–H groups in total. The molecule has 2 rings (SSSR count). The molecule has 2 nitrogen and oxygen atoms in total. The Balaban J connectivity index is 2.05. The third kappa shape index (κ3) is 2.35. The monoisotopic (exact) mass is 243 g/mol. The quantitative estimate of drug-likeness (QED) is 0.806. The van der Waals surface area contributed by atoms with Gasteiger partial charge in [0.15, 0.2) is 0 Å². The standard InChI is InChI=1S/C13H25NOS/c1-4-13(2,3)10-5-6-11-12(9-10)16(15)8-7-14-11/h10-12,14H,4-9H2,1-3H3. The number of hydrogen-bond acceptors (Lipinski definition) is 2. The number of nitrogens with one attached hydrogen (secondary N) is 1. The molecule has 1 aliphatic heterocycles. The van der Waals surface area contributed by atoms with Crippen LogP contribution in [0.2, 0.25) is 0 Å². The van der Waals surface area contributed by atoms with E-state index in [9.17, 15) is 4.21 Å². The summed E-state index contributed by atoms with van der Waals surface area (Å²) in [7, 11) is -0.577. The van der Waals surface area contributed by atoms with Crippen LogP contribution in [0.15, 0.2) is 0 Å². The minimum atomic E-state index is -0.577. The first kappa shape index (κ1) is 12.6. The number of hydrogen-bond donors (Lipinski definition) is 1. The van der Waals surface area contributed by atoms with Crippen LogP contribution in [-0.4, -0.2) is 27.8 Å². The Morgan fingerprint density at radius 1 is 1.38 bits per heavy atom. The highest BCUT2D eigenvalue weighted by Crippen LogP contribution is 2.42. The van der Waals surface area contributed by atoms with E-state index in [0.717, 1.165) is 18.2 Å². The number of fused-ring (bicyclic) bond motifs is 1. The lowest BCUT2D eigenvalue weighted by molar-refractivity contribution is 0.139. The van der Waals surface area contributed by atoms with Crippen LogP contribution in [0.4, 0.5) is 0 Å². The molecule has 4 atom stereocenters. The summed E-state index contributed by atoms with van der Waals surface area (Å²) in [6.45, 7) is 7.98. The topological polar surface area (TPSA) is 29.1 Å². The van der Waals surface area contributed by atoms with Crippen molar-refractivity contribution < 1.29 is 4.21 Å². The average Bonchev–Trinajstić information content (AvgIpc) is 2.29. The van der Waals surface area contributed by atoms with Crippen LogP contribution in [-0.2, 0) is 10.8 Å². The van der Waals surface area contributed by atoms with Crippen LogP contribution in [0.1, 0.15) is 46.5 Å². The Labute approximate surface area is 102 Å². The molecule has 0 amide bonds. The van der Waals surface area contributed by atoms with Gasteiger partial charge >= 0.3 is 0 Å². The van der Waals surface area contributed by atoms with Crippen LogP contribution >= 0.6 is 0 Å². The van der Waals surface area contributed by atoms with Gasteiger partial charge < -0.3 is 5.32 Å². The summed E-state index contributed by atoms with van der Waals surface area (Å²) in [4.78, 5) is 0. The van der Waals surface area contributed by atoms with Gasteiger partial charge in [0.25, 0.3) is 0 Å². The molecule has 4 unspecified atom stereocenters. The Hall–Kier alpha value is 0.110. The summed E-state index contributed by atoms with van der Waals surface area (Å²) in [5, 5.41) is 3.98. The first-order chi connectivity index (χ1) is 7.54. The molecule has 0 aromatic rings. The van der Waals surface area contributed by atoms with Gasteiger partial charge in [-0.05, 0) is 30.6 Å². The summed E-state index contributed by atoms with van der Waals surface area (Å²) in [6.07, 6.45) is 4.94. The average molecular weight is 243 g/mol. The van der Waals surface area contributed by atoms with E-state index in [2.05, 4.69) is 26.1 Å². The maximum atomic E-state index is 12.1. The Bertz CT molecular complexity index is 277. The van der Waals surface area contributed by atoms with Crippen LogP contribution in [0.5, 0.6) is 0 Å². The highest BCUT2D eigenvalue weighted by molar-refractivity contribution is 7.85. The smallest absolute Gasteiger partial charge is 0.0504 e. The SMILES string of the molecule is CCC(C)(C)C1CCC2NCCS(=O)C2C1. The summed E-state index contributed by atoms with van der Waals surface area (Å²) in [5.74, 6) is 1.63. The highest BCUT2D eigenvalue weighted by Gasteiger charge is 2.40. The third-order valence-corrected chi connectivity index (χ3v) is 6.66. The number of rotatable bonds is 2. The Kier molecular flexibility index (Phi) is 3.75. The largest absolute Gasteiger partial charge is 0.312 e. The molecule has 0 radical (unpaired) electrons. The van der Waals surface area contributed by atoms with E-state index in [4.69, 9.17) is 0 Å². The summed E-state index contributed by atoms with van der Waals surface area (Å²) < 4.78 is 12.1. The molecule has 1 heterocycles. The van der Waals surface area contributed by atoms with E-state index >= 15 is 0 Å². The zero-order valence-electron chi connectivity index (χ0n) is 10.8. The molecule has 1 aliphatic carbocycles. The van der Waals surface area contributed by atoms with Gasteiger partial charge in [-0.25, -0.2) is 0 Å². The van der Waals surface area contributed by atoms with Gasteiger partial charge in [-0.3, -0.25) is 4.21 Å². The van der Waals surface area contributed by atoms with Crippen molar-refractivity contribution >= 4 is 10.8 Å². The predicted molar refractivity (Wildman–Crippen MR) is 70.0 cm³/mol. The molecule has 0 aromatic carbocycles. The van der Waals surface area contributed by atoms with Crippen LogP contribution in [0, 0.1) is 11.3 Å². The summed E-state index contributed by atoms with van der Waals surface area (Å²) >= 11 is 0. The summed E-state index contributed by atoms with van der Waals surface area (Å²) in [5.41, 5.74) is 0.423. The van der Waals surface area contributed by atoms with Crippen LogP contribution in [0.3, 0.4) is 0 Å². The van der Waals surface area contributed by atoms with Crippen molar-refractivity contribution in [3.05, 3.63) is 0 Å². The lowest BCUT2D eigenvalue weighted by Gasteiger charge is -2.44. The van der Waals surface area contributed by atoms with Crippen molar-refractivity contribution in [3.8, 4) is 0 Å². The van der Waals surface area contributed by atoms with E-state index in [-0.39, 0.29) is 0 Å². The first-order valence-electron chi connectivity index (χ1n) is 6.65. The maximum Gasteiger partial charge on any atom is 0.0504 e. The summed E-state index contributed by atoms with van der Waals surface area (Å²) in [6, 6.07) is 0.540. The second kappa shape index (κ2) is 4.77. The molecule has 1 saturated heterocycles.